The van der Waals surface area contributed by atoms with Gasteiger partial charge in [-0.2, -0.15) is 0 Å². The van der Waals surface area contributed by atoms with Gasteiger partial charge in [0.15, 0.2) is 0 Å². The average molecular weight is 326 g/mol. The van der Waals surface area contributed by atoms with E-state index in [1.165, 1.54) is 23.4 Å². The van der Waals surface area contributed by atoms with E-state index in [0.29, 0.717) is 13.0 Å². The van der Waals surface area contributed by atoms with Gasteiger partial charge in [-0.3, -0.25) is 4.79 Å². The maximum atomic E-state index is 12.9. The number of carbonyl (C=O) groups is 1. The second-order valence-electron chi connectivity index (χ2n) is 6.27. The zero-order chi connectivity index (χ0) is 16.9. The molecule has 24 heavy (non-hydrogen) atoms. The van der Waals surface area contributed by atoms with Crippen molar-refractivity contribution in [2.24, 2.45) is 0 Å². The molecule has 1 aliphatic rings. The Morgan fingerprint density at radius 3 is 2.75 bits per heavy atom. The number of rotatable bonds is 5. The van der Waals surface area contributed by atoms with Gasteiger partial charge in [-0.15, -0.1) is 0 Å². The maximum Gasteiger partial charge on any atom is 0.242 e. The van der Waals surface area contributed by atoms with Crippen LogP contribution < -0.4 is 10.2 Å². The molecule has 0 aromatic heterocycles. The van der Waals surface area contributed by atoms with Gasteiger partial charge in [0.1, 0.15) is 11.9 Å². The predicted octanol–water partition coefficient (Wildman–Crippen LogP) is 3.33. The summed E-state index contributed by atoms with van der Waals surface area (Å²) in [4.78, 5) is 14.7. The molecule has 2 aromatic rings. The molecule has 0 radical (unpaired) electrons. The van der Waals surface area contributed by atoms with Gasteiger partial charge < -0.3 is 10.2 Å². The van der Waals surface area contributed by atoms with E-state index in [1.807, 2.05) is 13.0 Å². The summed E-state index contributed by atoms with van der Waals surface area (Å²) in [6.07, 6.45) is 2.85. The molecule has 0 saturated heterocycles. The lowest BCUT2D eigenvalue weighted by molar-refractivity contribution is -0.122. The lowest BCUT2D eigenvalue weighted by Gasteiger charge is -2.35. The number of nitrogens with one attached hydrogen (secondary N) is 1. The number of fused-ring (bicyclic) bond motifs is 1. The molecule has 0 spiro atoms. The van der Waals surface area contributed by atoms with Gasteiger partial charge in [0, 0.05) is 18.8 Å². The number of hydrogen-bond donors (Lipinski definition) is 1. The molecule has 4 heteroatoms. The summed E-state index contributed by atoms with van der Waals surface area (Å²) in [5.74, 6) is -0.200. The van der Waals surface area contributed by atoms with Crippen LogP contribution in [0.3, 0.4) is 0 Å². The lowest BCUT2D eigenvalue weighted by Crippen LogP contribution is -2.47. The van der Waals surface area contributed by atoms with Crippen LogP contribution in [0.1, 0.15) is 24.5 Å². The first-order chi connectivity index (χ1) is 11.6. The standard InChI is InChI=1S/C20H23FN2O/c1-15(23-14-4-6-17-5-2-3-7-19(17)23)20(24)22-13-12-16-8-10-18(21)11-9-16/h2-3,5,7-11,15H,4,6,12-14H2,1H3,(H,22,24). The van der Waals surface area contributed by atoms with Crippen molar-refractivity contribution in [3.05, 3.63) is 65.5 Å². The number of para-hydroxylation sites is 1. The third kappa shape index (κ3) is 3.75. The molecule has 1 aliphatic heterocycles. The van der Waals surface area contributed by atoms with E-state index in [1.54, 1.807) is 12.1 Å². The van der Waals surface area contributed by atoms with Crippen molar-refractivity contribution in [3.63, 3.8) is 0 Å². The molecule has 1 atom stereocenters. The molecule has 2 aromatic carbocycles. The molecule has 1 amide bonds. The number of nitrogens with zero attached hydrogens (tertiary/aromatic N) is 1. The van der Waals surface area contributed by atoms with Crippen LogP contribution in [0.2, 0.25) is 0 Å². The molecule has 0 saturated carbocycles. The lowest BCUT2D eigenvalue weighted by atomic mass is 10.00. The zero-order valence-corrected chi connectivity index (χ0v) is 14.0. The Morgan fingerprint density at radius 1 is 1.21 bits per heavy atom. The molecular weight excluding hydrogens is 303 g/mol. The minimum Gasteiger partial charge on any atom is -0.360 e. The molecule has 3 rings (SSSR count). The van der Waals surface area contributed by atoms with Crippen LogP contribution in [0.15, 0.2) is 48.5 Å². The summed E-state index contributed by atoms with van der Waals surface area (Å²) >= 11 is 0. The Balaban J connectivity index is 1.56. The van der Waals surface area contributed by atoms with E-state index in [-0.39, 0.29) is 17.8 Å². The first-order valence-corrected chi connectivity index (χ1v) is 8.52. The van der Waals surface area contributed by atoms with Crippen molar-refractivity contribution in [2.75, 3.05) is 18.0 Å². The molecule has 0 fully saturated rings. The Kier molecular flexibility index (Phi) is 5.14. The second kappa shape index (κ2) is 7.47. The average Bonchev–Trinajstić information content (AvgIpc) is 2.62. The Bertz CT molecular complexity index is 699. The Hall–Kier alpha value is -2.36. The summed E-state index contributed by atoms with van der Waals surface area (Å²) in [6, 6.07) is 14.5. The van der Waals surface area contributed by atoms with Crippen molar-refractivity contribution in [2.45, 2.75) is 32.2 Å². The topological polar surface area (TPSA) is 32.3 Å². The van der Waals surface area contributed by atoms with E-state index in [0.717, 1.165) is 24.9 Å². The van der Waals surface area contributed by atoms with E-state index in [4.69, 9.17) is 0 Å². The SMILES string of the molecule is CC(C(=O)NCCc1ccc(F)cc1)N1CCCc2ccccc21. The number of halogens is 1. The Morgan fingerprint density at radius 2 is 1.96 bits per heavy atom. The van der Waals surface area contributed by atoms with Crippen molar-refractivity contribution >= 4 is 11.6 Å². The normalized spacial score (nSPS) is 14.8. The van der Waals surface area contributed by atoms with Crippen molar-refractivity contribution < 1.29 is 9.18 Å². The molecule has 3 nitrogen and oxygen atoms in total. The van der Waals surface area contributed by atoms with Crippen LogP contribution >= 0.6 is 0 Å². The van der Waals surface area contributed by atoms with E-state index >= 15 is 0 Å². The predicted molar refractivity (Wildman–Crippen MR) is 94.7 cm³/mol. The van der Waals surface area contributed by atoms with Crippen molar-refractivity contribution in [1.29, 1.82) is 0 Å². The molecule has 126 valence electrons. The fourth-order valence-electron chi connectivity index (χ4n) is 3.24. The van der Waals surface area contributed by atoms with Crippen LogP contribution in [0.25, 0.3) is 0 Å². The number of hydrogen-bond acceptors (Lipinski definition) is 2. The Labute approximate surface area is 142 Å². The fourth-order valence-corrected chi connectivity index (χ4v) is 3.24. The highest BCUT2D eigenvalue weighted by molar-refractivity contribution is 5.85. The monoisotopic (exact) mass is 326 g/mol. The van der Waals surface area contributed by atoms with Crippen LogP contribution in [0.5, 0.6) is 0 Å². The third-order valence-electron chi connectivity index (χ3n) is 4.62. The van der Waals surface area contributed by atoms with Gasteiger partial charge in [-0.05, 0) is 55.5 Å². The van der Waals surface area contributed by atoms with E-state index < -0.39 is 0 Å². The summed E-state index contributed by atoms with van der Waals surface area (Å²) < 4.78 is 12.9. The molecule has 0 aliphatic carbocycles. The molecule has 1 heterocycles. The molecule has 0 bridgehead atoms. The van der Waals surface area contributed by atoms with Crippen LogP contribution in [0, 0.1) is 5.82 Å². The van der Waals surface area contributed by atoms with E-state index in [2.05, 4.69) is 28.4 Å². The number of aryl methyl sites for hydroxylation is 1. The largest absolute Gasteiger partial charge is 0.360 e. The minimum absolute atomic E-state index is 0.0359. The summed E-state index contributed by atoms with van der Waals surface area (Å²) in [6.45, 7) is 3.42. The highest BCUT2D eigenvalue weighted by Gasteiger charge is 2.25. The summed E-state index contributed by atoms with van der Waals surface area (Å²) in [7, 11) is 0. The molecule has 1 unspecified atom stereocenters. The quantitative estimate of drug-likeness (QED) is 0.914. The highest BCUT2D eigenvalue weighted by atomic mass is 19.1. The zero-order valence-electron chi connectivity index (χ0n) is 14.0. The van der Waals surface area contributed by atoms with Gasteiger partial charge in [0.25, 0.3) is 0 Å². The number of carbonyl (C=O) groups excluding carboxylic acids is 1. The van der Waals surface area contributed by atoms with Crippen molar-refractivity contribution in [1.82, 2.24) is 5.32 Å². The smallest absolute Gasteiger partial charge is 0.242 e. The first-order valence-electron chi connectivity index (χ1n) is 8.52. The number of anilines is 1. The van der Waals surface area contributed by atoms with E-state index in [9.17, 15) is 9.18 Å². The van der Waals surface area contributed by atoms with Crippen LogP contribution in [-0.2, 0) is 17.6 Å². The summed E-state index contributed by atoms with van der Waals surface area (Å²) in [5, 5.41) is 3.00. The molecular formula is C20H23FN2O. The summed E-state index contributed by atoms with van der Waals surface area (Å²) in [5.41, 5.74) is 3.51. The van der Waals surface area contributed by atoms with Crippen molar-refractivity contribution in [3.8, 4) is 0 Å². The van der Waals surface area contributed by atoms with Gasteiger partial charge in [0.2, 0.25) is 5.91 Å². The van der Waals surface area contributed by atoms with Gasteiger partial charge in [0.05, 0.1) is 0 Å². The number of benzene rings is 2. The third-order valence-corrected chi connectivity index (χ3v) is 4.62. The van der Waals surface area contributed by atoms with Gasteiger partial charge in [-0.1, -0.05) is 30.3 Å². The van der Waals surface area contributed by atoms with Gasteiger partial charge >= 0.3 is 0 Å². The second-order valence-corrected chi connectivity index (χ2v) is 6.27. The number of amides is 1. The van der Waals surface area contributed by atoms with Gasteiger partial charge in [-0.25, -0.2) is 4.39 Å². The minimum atomic E-state index is -0.236. The van der Waals surface area contributed by atoms with Crippen LogP contribution in [0.4, 0.5) is 10.1 Å². The fraction of sp³-hybridized carbons (Fsp3) is 0.350. The molecule has 1 N–H and O–H groups in total. The first kappa shape index (κ1) is 16.5. The highest BCUT2D eigenvalue weighted by Crippen LogP contribution is 2.28. The van der Waals surface area contributed by atoms with Crippen LogP contribution in [-0.4, -0.2) is 25.0 Å². The maximum absolute atomic E-state index is 12.9.